The third kappa shape index (κ3) is 2.15. The zero-order valence-electron chi connectivity index (χ0n) is 3.95. The van der Waals surface area contributed by atoms with Crippen molar-refractivity contribution >= 4 is 0 Å². The van der Waals surface area contributed by atoms with Crippen LogP contribution in [0.4, 0.5) is 4.39 Å². The minimum Gasteiger partial charge on any atom is -0.328 e. The Morgan fingerprint density at radius 2 is 2.33 bits per heavy atom. The van der Waals surface area contributed by atoms with Crippen LogP contribution >= 0.6 is 0 Å². The molecule has 0 radical (unpaired) electrons. The molecular formula is C4H10FN. The number of nitrogens with two attached hydrogens (primary N) is 1. The first-order chi connectivity index (χ1) is 2.81. The van der Waals surface area contributed by atoms with Gasteiger partial charge >= 0.3 is 0 Å². The Hall–Kier alpha value is -0.110. The van der Waals surface area contributed by atoms with E-state index in [9.17, 15) is 4.39 Å². The molecule has 0 saturated heterocycles. The monoisotopic (exact) mass is 91.1 g/mol. The molecule has 0 rings (SSSR count). The van der Waals surface area contributed by atoms with Crippen molar-refractivity contribution in [2.75, 3.05) is 6.54 Å². The van der Waals surface area contributed by atoms with Crippen molar-refractivity contribution in [3.05, 3.63) is 0 Å². The zero-order valence-corrected chi connectivity index (χ0v) is 3.95. The Morgan fingerprint density at radius 1 is 1.83 bits per heavy atom. The van der Waals surface area contributed by atoms with E-state index in [2.05, 4.69) is 0 Å². The van der Waals surface area contributed by atoms with Crippen LogP contribution in [-0.4, -0.2) is 12.7 Å². The van der Waals surface area contributed by atoms with Crippen molar-refractivity contribution in [1.82, 2.24) is 0 Å². The van der Waals surface area contributed by atoms with Gasteiger partial charge in [-0.1, -0.05) is 6.92 Å². The van der Waals surface area contributed by atoms with Gasteiger partial charge in [0.05, 0.1) is 0 Å². The molecule has 0 aliphatic carbocycles. The van der Waals surface area contributed by atoms with Crippen LogP contribution in [0.2, 0.25) is 0 Å². The maximum atomic E-state index is 11.7. The first-order valence-corrected chi connectivity index (χ1v) is 2.15. The van der Waals surface area contributed by atoms with Gasteiger partial charge in [0.15, 0.2) is 0 Å². The van der Waals surface area contributed by atoms with Crippen LogP contribution in [-0.2, 0) is 0 Å². The van der Waals surface area contributed by atoms with Crippen LogP contribution in [0.25, 0.3) is 0 Å². The SMILES string of the molecule is CC[C@@H](F)CN. The van der Waals surface area contributed by atoms with E-state index in [-0.39, 0.29) is 6.54 Å². The summed E-state index contributed by atoms with van der Waals surface area (Å²) in [4.78, 5) is 0. The van der Waals surface area contributed by atoms with Crippen molar-refractivity contribution in [2.45, 2.75) is 19.5 Å². The third-order valence-corrected chi connectivity index (χ3v) is 0.699. The summed E-state index contributed by atoms with van der Waals surface area (Å²) in [5.41, 5.74) is 4.91. The number of hydrogen-bond donors (Lipinski definition) is 1. The molecule has 2 N–H and O–H groups in total. The molecule has 1 atom stereocenters. The molecule has 38 valence electrons. The van der Waals surface area contributed by atoms with Gasteiger partial charge in [-0.25, -0.2) is 4.39 Å². The molecule has 0 aromatic rings. The van der Waals surface area contributed by atoms with Gasteiger partial charge in [0.2, 0.25) is 0 Å². The van der Waals surface area contributed by atoms with E-state index >= 15 is 0 Å². The molecule has 2 heteroatoms. The average Bonchev–Trinajstić information content (AvgIpc) is 1.65. The second-order valence-electron chi connectivity index (χ2n) is 1.24. The molecule has 6 heavy (non-hydrogen) atoms. The molecule has 0 amide bonds. The van der Waals surface area contributed by atoms with Gasteiger partial charge < -0.3 is 5.73 Å². The second kappa shape index (κ2) is 3.09. The predicted octanol–water partition coefficient (Wildman–Crippen LogP) is 0.693. The van der Waals surface area contributed by atoms with Crippen LogP contribution in [0.1, 0.15) is 13.3 Å². The summed E-state index contributed by atoms with van der Waals surface area (Å²) in [5, 5.41) is 0. The zero-order chi connectivity index (χ0) is 4.99. The molecule has 0 fully saturated rings. The van der Waals surface area contributed by atoms with E-state index in [1.54, 1.807) is 6.92 Å². The lowest BCUT2D eigenvalue weighted by Gasteiger charge is -1.94. The van der Waals surface area contributed by atoms with E-state index in [1.807, 2.05) is 0 Å². The Labute approximate surface area is 37.3 Å². The van der Waals surface area contributed by atoms with Gasteiger partial charge in [-0.05, 0) is 6.42 Å². The van der Waals surface area contributed by atoms with Crippen molar-refractivity contribution < 1.29 is 4.39 Å². The van der Waals surface area contributed by atoms with Gasteiger partial charge in [-0.15, -0.1) is 0 Å². The topological polar surface area (TPSA) is 26.0 Å². The Kier molecular flexibility index (Phi) is 3.04. The van der Waals surface area contributed by atoms with Crippen LogP contribution in [0.5, 0.6) is 0 Å². The average molecular weight is 91.1 g/mol. The third-order valence-electron chi connectivity index (χ3n) is 0.699. The smallest absolute Gasteiger partial charge is 0.112 e. The number of rotatable bonds is 2. The summed E-state index contributed by atoms with van der Waals surface area (Å²) in [6.45, 7) is 1.94. The fourth-order valence-electron chi connectivity index (χ4n) is 0.167. The molecule has 0 aromatic heterocycles. The van der Waals surface area contributed by atoms with E-state index in [0.29, 0.717) is 6.42 Å². The van der Waals surface area contributed by atoms with Crippen LogP contribution in [0, 0.1) is 0 Å². The number of alkyl halides is 1. The van der Waals surface area contributed by atoms with E-state index in [0.717, 1.165) is 0 Å². The van der Waals surface area contributed by atoms with E-state index in [1.165, 1.54) is 0 Å². The number of hydrogen-bond acceptors (Lipinski definition) is 1. The predicted molar refractivity (Wildman–Crippen MR) is 24.2 cm³/mol. The Balaban J connectivity index is 2.75. The summed E-state index contributed by atoms with van der Waals surface area (Å²) in [7, 11) is 0. The van der Waals surface area contributed by atoms with Crippen molar-refractivity contribution in [2.24, 2.45) is 5.73 Å². The maximum Gasteiger partial charge on any atom is 0.112 e. The van der Waals surface area contributed by atoms with Crippen LogP contribution in [0.3, 0.4) is 0 Å². The van der Waals surface area contributed by atoms with Gasteiger partial charge in [0, 0.05) is 6.54 Å². The van der Waals surface area contributed by atoms with Crippen molar-refractivity contribution in [3.63, 3.8) is 0 Å². The maximum absolute atomic E-state index is 11.7. The first kappa shape index (κ1) is 5.89. The first-order valence-electron chi connectivity index (χ1n) is 2.15. The molecule has 0 aliphatic heterocycles. The van der Waals surface area contributed by atoms with E-state index < -0.39 is 6.17 Å². The largest absolute Gasteiger partial charge is 0.328 e. The van der Waals surface area contributed by atoms with Gasteiger partial charge in [-0.2, -0.15) is 0 Å². The molecule has 0 aromatic carbocycles. The lowest BCUT2D eigenvalue weighted by Crippen LogP contribution is -2.13. The van der Waals surface area contributed by atoms with Crippen LogP contribution in [0.15, 0.2) is 0 Å². The lowest BCUT2D eigenvalue weighted by molar-refractivity contribution is 0.333. The highest BCUT2D eigenvalue weighted by Crippen LogP contribution is 1.90. The molecule has 0 bridgehead atoms. The quantitative estimate of drug-likeness (QED) is 0.531. The summed E-state index contributed by atoms with van der Waals surface area (Å²) >= 11 is 0. The van der Waals surface area contributed by atoms with Gasteiger partial charge in [0.1, 0.15) is 6.17 Å². The Morgan fingerprint density at radius 3 is 2.33 bits per heavy atom. The molecule has 0 saturated carbocycles. The highest BCUT2D eigenvalue weighted by Gasteiger charge is 1.94. The van der Waals surface area contributed by atoms with Crippen LogP contribution < -0.4 is 5.73 Å². The summed E-state index contributed by atoms with van der Waals surface area (Å²) < 4.78 is 11.7. The molecular weight excluding hydrogens is 81.0 g/mol. The molecule has 0 unspecified atom stereocenters. The van der Waals surface area contributed by atoms with Crippen molar-refractivity contribution in [1.29, 1.82) is 0 Å². The summed E-state index contributed by atoms with van der Waals surface area (Å²) in [6.07, 6.45) is -0.249. The summed E-state index contributed by atoms with van der Waals surface area (Å²) in [6, 6.07) is 0. The normalized spacial score (nSPS) is 14.5. The summed E-state index contributed by atoms with van der Waals surface area (Å²) in [5.74, 6) is 0. The fraction of sp³-hybridized carbons (Fsp3) is 1.00. The minimum absolute atomic E-state index is 0.163. The molecule has 0 aliphatic rings. The van der Waals surface area contributed by atoms with Gasteiger partial charge in [0.25, 0.3) is 0 Å². The number of halogens is 1. The molecule has 1 nitrogen and oxygen atoms in total. The minimum atomic E-state index is -0.787. The Bertz CT molecular complexity index is 26.7. The van der Waals surface area contributed by atoms with Crippen molar-refractivity contribution in [3.8, 4) is 0 Å². The second-order valence-corrected chi connectivity index (χ2v) is 1.24. The fourth-order valence-corrected chi connectivity index (χ4v) is 0.167. The highest BCUT2D eigenvalue weighted by atomic mass is 19.1. The van der Waals surface area contributed by atoms with E-state index in [4.69, 9.17) is 5.73 Å². The molecule has 0 spiro atoms. The molecule has 0 heterocycles. The van der Waals surface area contributed by atoms with Gasteiger partial charge in [-0.3, -0.25) is 0 Å². The lowest BCUT2D eigenvalue weighted by atomic mass is 10.3. The highest BCUT2D eigenvalue weighted by molar-refractivity contribution is 4.49. The standard InChI is InChI=1S/C4H10FN/c1-2-4(5)3-6/h4H,2-3,6H2,1H3/t4-/m1/s1.